The van der Waals surface area contributed by atoms with Gasteiger partial charge < -0.3 is 10.5 Å². The van der Waals surface area contributed by atoms with Crippen molar-refractivity contribution in [3.63, 3.8) is 0 Å². The summed E-state index contributed by atoms with van der Waals surface area (Å²) in [5.74, 6) is 0.507. The highest BCUT2D eigenvalue weighted by Crippen LogP contribution is 2.33. The third kappa shape index (κ3) is 2.99. The van der Waals surface area contributed by atoms with Crippen molar-refractivity contribution in [2.24, 2.45) is 0 Å². The Morgan fingerprint density at radius 3 is 2.37 bits per heavy atom. The molecular formula is C14H12F3NO. The maximum absolute atomic E-state index is 12.7. The molecule has 0 heterocycles. The second kappa shape index (κ2) is 4.84. The van der Waals surface area contributed by atoms with Gasteiger partial charge in [0.1, 0.15) is 5.75 Å². The maximum atomic E-state index is 12.7. The molecule has 0 bridgehead atoms. The van der Waals surface area contributed by atoms with Crippen molar-refractivity contribution in [2.75, 3.05) is 12.8 Å². The molecule has 2 aromatic carbocycles. The highest BCUT2D eigenvalue weighted by molar-refractivity contribution is 5.70. The van der Waals surface area contributed by atoms with Gasteiger partial charge in [0.2, 0.25) is 0 Å². The summed E-state index contributed by atoms with van der Waals surface area (Å²) in [6, 6.07) is 9.96. The van der Waals surface area contributed by atoms with Gasteiger partial charge in [0, 0.05) is 11.8 Å². The lowest BCUT2D eigenvalue weighted by Gasteiger charge is -2.10. The molecule has 0 saturated heterocycles. The van der Waals surface area contributed by atoms with E-state index in [0.29, 0.717) is 22.6 Å². The highest BCUT2D eigenvalue weighted by atomic mass is 19.4. The van der Waals surface area contributed by atoms with Crippen LogP contribution >= 0.6 is 0 Å². The van der Waals surface area contributed by atoms with E-state index in [1.165, 1.54) is 13.2 Å². The molecule has 0 saturated carbocycles. The molecule has 0 unspecified atom stereocenters. The number of methoxy groups -OCH3 is 1. The Morgan fingerprint density at radius 1 is 1.00 bits per heavy atom. The molecule has 0 amide bonds. The molecule has 0 aliphatic rings. The van der Waals surface area contributed by atoms with Gasteiger partial charge in [-0.25, -0.2) is 0 Å². The van der Waals surface area contributed by atoms with Gasteiger partial charge in [0.15, 0.2) is 0 Å². The van der Waals surface area contributed by atoms with Crippen LogP contribution in [0.5, 0.6) is 5.75 Å². The molecule has 100 valence electrons. The first-order chi connectivity index (χ1) is 8.90. The highest BCUT2D eigenvalue weighted by Gasteiger charge is 2.30. The van der Waals surface area contributed by atoms with Crippen molar-refractivity contribution in [3.05, 3.63) is 48.0 Å². The van der Waals surface area contributed by atoms with Crippen LogP contribution in [0.15, 0.2) is 42.5 Å². The molecular weight excluding hydrogens is 255 g/mol. The molecule has 0 radical (unpaired) electrons. The van der Waals surface area contributed by atoms with Gasteiger partial charge >= 0.3 is 6.18 Å². The molecule has 2 rings (SSSR count). The minimum Gasteiger partial charge on any atom is -0.497 e. The predicted molar refractivity (Wildman–Crippen MR) is 67.8 cm³/mol. The largest absolute Gasteiger partial charge is 0.497 e. The van der Waals surface area contributed by atoms with E-state index in [9.17, 15) is 13.2 Å². The van der Waals surface area contributed by atoms with Crippen molar-refractivity contribution >= 4 is 5.69 Å². The summed E-state index contributed by atoms with van der Waals surface area (Å²) in [6.07, 6.45) is -4.36. The Morgan fingerprint density at radius 2 is 1.74 bits per heavy atom. The SMILES string of the molecule is COc1cc(N)cc(-c2cccc(C(F)(F)F)c2)c1. The van der Waals surface area contributed by atoms with Crippen LogP contribution in [0, 0.1) is 0 Å². The lowest BCUT2D eigenvalue weighted by Crippen LogP contribution is -2.04. The first kappa shape index (κ1) is 13.3. The standard InChI is InChI=1S/C14H12F3NO/c1-19-13-7-10(6-12(18)8-13)9-3-2-4-11(5-9)14(15,16)17/h2-8H,18H2,1H3. The van der Waals surface area contributed by atoms with Gasteiger partial charge in [-0.2, -0.15) is 13.2 Å². The molecule has 2 aromatic rings. The normalized spacial score (nSPS) is 11.4. The van der Waals surface area contributed by atoms with Crippen molar-refractivity contribution in [1.29, 1.82) is 0 Å². The summed E-state index contributed by atoms with van der Waals surface area (Å²) in [5.41, 5.74) is 6.47. The summed E-state index contributed by atoms with van der Waals surface area (Å²) < 4.78 is 43.0. The third-order valence-electron chi connectivity index (χ3n) is 2.69. The van der Waals surface area contributed by atoms with E-state index >= 15 is 0 Å². The van der Waals surface area contributed by atoms with Crippen LogP contribution in [-0.2, 0) is 6.18 Å². The Bertz CT molecular complexity index is 593. The number of halogens is 3. The zero-order valence-corrected chi connectivity index (χ0v) is 10.2. The van der Waals surface area contributed by atoms with Crippen molar-refractivity contribution in [3.8, 4) is 16.9 Å². The van der Waals surface area contributed by atoms with E-state index in [1.807, 2.05) is 0 Å². The van der Waals surface area contributed by atoms with Crippen LogP contribution < -0.4 is 10.5 Å². The summed E-state index contributed by atoms with van der Waals surface area (Å²) >= 11 is 0. The van der Waals surface area contributed by atoms with Gasteiger partial charge in [0.05, 0.1) is 12.7 Å². The van der Waals surface area contributed by atoms with Crippen molar-refractivity contribution in [2.45, 2.75) is 6.18 Å². The number of nitrogens with two attached hydrogens (primary N) is 1. The summed E-state index contributed by atoms with van der Waals surface area (Å²) in [4.78, 5) is 0. The topological polar surface area (TPSA) is 35.2 Å². The number of rotatable bonds is 2. The summed E-state index contributed by atoms with van der Waals surface area (Å²) in [5, 5.41) is 0. The third-order valence-corrected chi connectivity index (χ3v) is 2.69. The quantitative estimate of drug-likeness (QED) is 0.836. The molecule has 5 heteroatoms. The van der Waals surface area contributed by atoms with Crippen LogP contribution in [0.25, 0.3) is 11.1 Å². The van der Waals surface area contributed by atoms with Crippen LogP contribution in [-0.4, -0.2) is 7.11 Å². The number of nitrogen functional groups attached to an aromatic ring is 1. The lowest BCUT2D eigenvalue weighted by atomic mass is 10.0. The van der Waals surface area contributed by atoms with Gasteiger partial charge in [-0.1, -0.05) is 12.1 Å². The van der Waals surface area contributed by atoms with E-state index in [0.717, 1.165) is 12.1 Å². The lowest BCUT2D eigenvalue weighted by molar-refractivity contribution is -0.137. The van der Waals surface area contributed by atoms with Crippen molar-refractivity contribution in [1.82, 2.24) is 0 Å². The van der Waals surface area contributed by atoms with E-state index in [4.69, 9.17) is 10.5 Å². The second-order valence-corrected chi connectivity index (χ2v) is 4.07. The zero-order valence-electron chi connectivity index (χ0n) is 10.2. The zero-order chi connectivity index (χ0) is 14.0. The van der Waals surface area contributed by atoms with Crippen molar-refractivity contribution < 1.29 is 17.9 Å². The summed E-state index contributed by atoms with van der Waals surface area (Å²) in [7, 11) is 1.48. The Labute approximate surface area is 108 Å². The first-order valence-corrected chi connectivity index (χ1v) is 5.52. The second-order valence-electron chi connectivity index (χ2n) is 4.07. The van der Waals surface area contributed by atoms with E-state index < -0.39 is 11.7 Å². The molecule has 2 nitrogen and oxygen atoms in total. The molecule has 0 aliphatic heterocycles. The number of hydrogen-bond donors (Lipinski definition) is 1. The first-order valence-electron chi connectivity index (χ1n) is 5.52. The maximum Gasteiger partial charge on any atom is 0.416 e. The van der Waals surface area contributed by atoms with Gasteiger partial charge in [0.25, 0.3) is 0 Å². The fraction of sp³-hybridized carbons (Fsp3) is 0.143. The molecule has 0 aromatic heterocycles. The monoisotopic (exact) mass is 267 g/mol. The van der Waals surface area contributed by atoms with Crippen LogP contribution in [0.4, 0.5) is 18.9 Å². The fourth-order valence-electron chi connectivity index (χ4n) is 1.78. The van der Waals surface area contributed by atoms with Crippen LogP contribution in [0.1, 0.15) is 5.56 Å². The van der Waals surface area contributed by atoms with Gasteiger partial charge in [-0.3, -0.25) is 0 Å². The van der Waals surface area contributed by atoms with E-state index in [-0.39, 0.29) is 0 Å². The molecule has 19 heavy (non-hydrogen) atoms. The number of hydrogen-bond acceptors (Lipinski definition) is 2. The molecule has 0 fully saturated rings. The fourth-order valence-corrected chi connectivity index (χ4v) is 1.78. The number of alkyl halides is 3. The number of benzene rings is 2. The number of anilines is 1. The predicted octanol–water partition coefficient (Wildman–Crippen LogP) is 3.96. The van der Waals surface area contributed by atoms with Crippen LogP contribution in [0.2, 0.25) is 0 Å². The Balaban J connectivity index is 2.50. The number of ether oxygens (including phenoxy) is 1. The average molecular weight is 267 g/mol. The summed E-state index contributed by atoms with van der Waals surface area (Å²) in [6.45, 7) is 0. The van der Waals surface area contributed by atoms with E-state index in [1.54, 1.807) is 24.3 Å². The van der Waals surface area contributed by atoms with Gasteiger partial charge in [-0.05, 0) is 35.4 Å². The smallest absolute Gasteiger partial charge is 0.416 e. The minimum absolute atomic E-state index is 0.437. The van der Waals surface area contributed by atoms with E-state index in [2.05, 4.69) is 0 Å². The molecule has 2 N–H and O–H groups in total. The molecule has 0 aliphatic carbocycles. The van der Waals surface area contributed by atoms with Crippen LogP contribution in [0.3, 0.4) is 0 Å². The minimum atomic E-state index is -4.36. The Hall–Kier alpha value is -2.17. The molecule has 0 atom stereocenters. The Kier molecular flexibility index (Phi) is 3.38. The van der Waals surface area contributed by atoms with Gasteiger partial charge in [-0.15, -0.1) is 0 Å². The molecule has 0 spiro atoms. The average Bonchev–Trinajstić information content (AvgIpc) is 2.37.